The van der Waals surface area contributed by atoms with E-state index in [2.05, 4.69) is 15.3 Å². The normalized spacial score (nSPS) is 11.7. The molecule has 122 valence electrons. The topological polar surface area (TPSA) is 63.8 Å². The minimum atomic E-state index is -2.86. The molecule has 1 heterocycles. The average molecular weight is 322 g/mol. The summed E-state index contributed by atoms with van der Waals surface area (Å²) in [5.74, 6) is 0.839. The van der Waals surface area contributed by atoms with Gasteiger partial charge in [-0.05, 0) is 56.7 Å². The van der Waals surface area contributed by atoms with Crippen LogP contribution in [0.5, 0.6) is 5.75 Å². The standard InChI is InChI=1S/C16H16F2N2O3/c1-9-8-14(11(3)22-9)15(21)20-19-10(2)12-4-6-13(7-5-12)23-16(17)18/h4-8,16H,1-3H3,(H,20,21). The Morgan fingerprint density at radius 1 is 1.26 bits per heavy atom. The molecular formula is C16H16F2N2O3. The van der Waals surface area contributed by atoms with E-state index in [9.17, 15) is 13.6 Å². The van der Waals surface area contributed by atoms with Gasteiger partial charge in [0.15, 0.2) is 0 Å². The summed E-state index contributed by atoms with van der Waals surface area (Å²) in [6, 6.07) is 7.61. The number of benzene rings is 1. The first-order valence-corrected chi connectivity index (χ1v) is 6.83. The van der Waals surface area contributed by atoms with Crippen LogP contribution in [-0.4, -0.2) is 18.2 Å². The van der Waals surface area contributed by atoms with E-state index in [0.29, 0.717) is 28.4 Å². The molecule has 0 aliphatic heterocycles. The number of hydrazone groups is 1. The molecule has 1 aromatic carbocycles. The van der Waals surface area contributed by atoms with Crippen LogP contribution in [0.1, 0.15) is 34.4 Å². The van der Waals surface area contributed by atoms with Crippen LogP contribution in [0.25, 0.3) is 0 Å². The van der Waals surface area contributed by atoms with Gasteiger partial charge in [0.25, 0.3) is 5.91 Å². The van der Waals surface area contributed by atoms with E-state index < -0.39 is 6.61 Å². The van der Waals surface area contributed by atoms with Crippen LogP contribution < -0.4 is 10.2 Å². The van der Waals surface area contributed by atoms with Crippen molar-refractivity contribution in [3.05, 3.63) is 53.0 Å². The number of alkyl halides is 2. The Bertz CT molecular complexity index is 721. The van der Waals surface area contributed by atoms with Gasteiger partial charge in [-0.3, -0.25) is 4.79 Å². The Hall–Kier alpha value is -2.70. The number of aryl methyl sites for hydroxylation is 2. The van der Waals surface area contributed by atoms with Crippen molar-refractivity contribution in [3.63, 3.8) is 0 Å². The zero-order valence-corrected chi connectivity index (χ0v) is 12.9. The lowest BCUT2D eigenvalue weighted by atomic mass is 10.1. The lowest BCUT2D eigenvalue weighted by molar-refractivity contribution is -0.0498. The molecule has 0 aliphatic rings. The highest BCUT2D eigenvalue weighted by Gasteiger charge is 2.13. The molecule has 5 nitrogen and oxygen atoms in total. The van der Waals surface area contributed by atoms with Crippen molar-refractivity contribution in [2.75, 3.05) is 0 Å². The van der Waals surface area contributed by atoms with E-state index in [1.54, 1.807) is 39.0 Å². The monoisotopic (exact) mass is 322 g/mol. The van der Waals surface area contributed by atoms with Crippen molar-refractivity contribution in [1.29, 1.82) is 0 Å². The molecule has 0 fully saturated rings. The van der Waals surface area contributed by atoms with Gasteiger partial charge in [0.2, 0.25) is 0 Å². The first-order valence-electron chi connectivity index (χ1n) is 6.83. The molecule has 0 atom stereocenters. The second-order valence-electron chi connectivity index (χ2n) is 4.87. The highest BCUT2D eigenvalue weighted by Crippen LogP contribution is 2.16. The Morgan fingerprint density at radius 3 is 2.43 bits per heavy atom. The van der Waals surface area contributed by atoms with E-state index in [1.165, 1.54) is 12.1 Å². The second-order valence-corrected chi connectivity index (χ2v) is 4.87. The molecule has 0 saturated heterocycles. The van der Waals surface area contributed by atoms with Gasteiger partial charge in [0.1, 0.15) is 17.3 Å². The third-order valence-electron chi connectivity index (χ3n) is 3.11. The van der Waals surface area contributed by atoms with Gasteiger partial charge in [-0.1, -0.05) is 0 Å². The molecule has 0 saturated carbocycles. The van der Waals surface area contributed by atoms with E-state index in [1.807, 2.05) is 0 Å². The molecule has 0 bridgehead atoms. The summed E-state index contributed by atoms with van der Waals surface area (Å²) in [7, 11) is 0. The average Bonchev–Trinajstić information content (AvgIpc) is 2.83. The van der Waals surface area contributed by atoms with Crippen LogP contribution in [0.4, 0.5) is 8.78 Å². The van der Waals surface area contributed by atoms with Crippen LogP contribution in [0.2, 0.25) is 0 Å². The number of halogens is 2. The zero-order valence-electron chi connectivity index (χ0n) is 12.9. The number of ether oxygens (including phenoxy) is 1. The molecule has 23 heavy (non-hydrogen) atoms. The largest absolute Gasteiger partial charge is 0.466 e. The number of nitrogens with one attached hydrogen (secondary N) is 1. The fourth-order valence-corrected chi connectivity index (χ4v) is 1.99. The Labute approximate surface area is 131 Å². The Morgan fingerprint density at radius 2 is 1.91 bits per heavy atom. The van der Waals surface area contributed by atoms with Crippen molar-refractivity contribution < 1.29 is 22.7 Å². The molecular weight excluding hydrogens is 306 g/mol. The summed E-state index contributed by atoms with van der Waals surface area (Å²) in [5.41, 5.74) is 4.05. The van der Waals surface area contributed by atoms with Crippen molar-refractivity contribution in [2.24, 2.45) is 5.10 Å². The summed E-state index contributed by atoms with van der Waals surface area (Å²) in [4.78, 5) is 12.0. The number of nitrogens with zero attached hydrogens (tertiary/aromatic N) is 1. The van der Waals surface area contributed by atoms with Crippen LogP contribution in [0.3, 0.4) is 0 Å². The van der Waals surface area contributed by atoms with Crippen LogP contribution in [0, 0.1) is 13.8 Å². The minimum Gasteiger partial charge on any atom is -0.466 e. The SMILES string of the molecule is CC(=NNC(=O)c1cc(C)oc1C)c1ccc(OC(F)F)cc1. The molecule has 1 amide bonds. The minimum absolute atomic E-state index is 0.0603. The van der Waals surface area contributed by atoms with Crippen LogP contribution >= 0.6 is 0 Å². The fraction of sp³-hybridized carbons (Fsp3) is 0.250. The summed E-state index contributed by atoms with van der Waals surface area (Å²) >= 11 is 0. The fourth-order valence-electron chi connectivity index (χ4n) is 1.99. The van der Waals surface area contributed by atoms with Crippen LogP contribution in [-0.2, 0) is 0 Å². The molecule has 0 spiro atoms. The van der Waals surface area contributed by atoms with Gasteiger partial charge in [-0.15, -0.1) is 0 Å². The van der Waals surface area contributed by atoms with Gasteiger partial charge < -0.3 is 9.15 Å². The highest BCUT2D eigenvalue weighted by molar-refractivity contribution is 6.01. The van der Waals surface area contributed by atoms with Crippen molar-refractivity contribution in [2.45, 2.75) is 27.4 Å². The van der Waals surface area contributed by atoms with E-state index >= 15 is 0 Å². The van der Waals surface area contributed by atoms with E-state index in [-0.39, 0.29) is 11.7 Å². The van der Waals surface area contributed by atoms with Gasteiger partial charge in [-0.25, -0.2) is 5.43 Å². The highest BCUT2D eigenvalue weighted by atomic mass is 19.3. The third-order valence-corrected chi connectivity index (χ3v) is 3.11. The maximum Gasteiger partial charge on any atom is 0.387 e. The van der Waals surface area contributed by atoms with Gasteiger partial charge in [0.05, 0.1) is 11.3 Å². The number of carbonyl (C=O) groups is 1. The second kappa shape index (κ2) is 7.04. The molecule has 0 radical (unpaired) electrons. The lowest BCUT2D eigenvalue weighted by Crippen LogP contribution is -2.19. The maximum atomic E-state index is 12.1. The number of hydrogen-bond donors (Lipinski definition) is 1. The molecule has 2 aromatic rings. The van der Waals surface area contributed by atoms with Crippen LogP contribution in [0.15, 0.2) is 39.9 Å². The van der Waals surface area contributed by atoms with E-state index in [0.717, 1.165) is 0 Å². The number of furan rings is 1. The smallest absolute Gasteiger partial charge is 0.387 e. The van der Waals surface area contributed by atoms with Crippen molar-refractivity contribution >= 4 is 11.6 Å². The van der Waals surface area contributed by atoms with Crippen molar-refractivity contribution in [3.8, 4) is 5.75 Å². The summed E-state index contributed by atoms with van der Waals surface area (Å²) < 4.78 is 33.7. The lowest BCUT2D eigenvalue weighted by Gasteiger charge is -2.06. The molecule has 7 heteroatoms. The first kappa shape index (κ1) is 16.7. The van der Waals surface area contributed by atoms with E-state index in [4.69, 9.17) is 4.42 Å². The summed E-state index contributed by atoms with van der Waals surface area (Å²) in [5, 5.41) is 4.00. The van der Waals surface area contributed by atoms with Gasteiger partial charge in [-0.2, -0.15) is 13.9 Å². The molecule has 0 aliphatic carbocycles. The zero-order chi connectivity index (χ0) is 17.0. The molecule has 1 aromatic heterocycles. The Kier molecular flexibility index (Phi) is 5.10. The number of hydrogen-bond acceptors (Lipinski definition) is 4. The van der Waals surface area contributed by atoms with Crippen molar-refractivity contribution in [1.82, 2.24) is 5.43 Å². The molecule has 2 rings (SSSR count). The molecule has 1 N–H and O–H groups in total. The number of amides is 1. The summed E-state index contributed by atoms with van der Waals surface area (Å²) in [6.07, 6.45) is 0. The third kappa shape index (κ3) is 4.38. The predicted molar refractivity (Wildman–Crippen MR) is 80.9 cm³/mol. The van der Waals surface area contributed by atoms with Gasteiger partial charge >= 0.3 is 6.61 Å². The number of rotatable bonds is 5. The quantitative estimate of drug-likeness (QED) is 0.675. The molecule has 0 unspecified atom stereocenters. The maximum absolute atomic E-state index is 12.1. The summed E-state index contributed by atoms with van der Waals surface area (Å²) in [6.45, 7) is 2.27. The predicted octanol–water partition coefficient (Wildman–Crippen LogP) is 3.65. The number of carbonyl (C=O) groups excluding carboxylic acids is 1. The Balaban J connectivity index is 2.04. The van der Waals surface area contributed by atoms with Gasteiger partial charge in [0, 0.05) is 0 Å². The first-order chi connectivity index (χ1) is 10.9.